The zero-order valence-corrected chi connectivity index (χ0v) is 15.7. The van der Waals surface area contributed by atoms with Crippen LogP contribution in [-0.2, 0) is 5.75 Å². The number of benzene rings is 3. The van der Waals surface area contributed by atoms with Crippen LogP contribution >= 0.6 is 11.8 Å². The third kappa shape index (κ3) is 4.90. The minimum Gasteiger partial charge on any atom is -0.497 e. The van der Waals surface area contributed by atoms with Crippen molar-refractivity contribution in [2.75, 3.05) is 12.4 Å². The van der Waals surface area contributed by atoms with Crippen LogP contribution < -0.4 is 10.1 Å². The fourth-order valence-corrected chi connectivity index (χ4v) is 3.31. The highest BCUT2D eigenvalue weighted by molar-refractivity contribution is 7.98. The van der Waals surface area contributed by atoms with Gasteiger partial charge in [-0.25, -0.2) is 0 Å². The maximum absolute atomic E-state index is 12.4. The van der Waals surface area contributed by atoms with Crippen LogP contribution in [0.15, 0.2) is 77.7 Å². The lowest BCUT2D eigenvalue weighted by atomic mass is 10.1. The van der Waals surface area contributed by atoms with E-state index in [2.05, 4.69) is 36.5 Å². The van der Waals surface area contributed by atoms with E-state index < -0.39 is 0 Å². The Morgan fingerprint density at radius 2 is 1.73 bits per heavy atom. The Kier molecular flexibility index (Phi) is 5.97. The molecule has 4 heteroatoms. The predicted octanol–water partition coefficient (Wildman–Crippen LogP) is 5.55. The Morgan fingerprint density at radius 1 is 1.00 bits per heavy atom. The summed E-state index contributed by atoms with van der Waals surface area (Å²) in [7, 11) is 1.61. The highest BCUT2D eigenvalue weighted by atomic mass is 32.2. The molecule has 0 aliphatic heterocycles. The summed E-state index contributed by atoms with van der Waals surface area (Å²) < 4.78 is 5.17. The number of thioether (sulfide) groups is 1. The second-order valence-corrected chi connectivity index (χ2v) is 7.03. The fraction of sp³-hybridized carbons (Fsp3) is 0.136. The molecule has 3 nitrogen and oxygen atoms in total. The number of carbonyl (C=O) groups excluding carboxylic acids is 1. The topological polar surface area (TPSA) is 38.3 Å². The van der Waals surface area contributed by atoms with Crippen LogP contribution in [0.3, 0.4) is 0 Å². The van der Waals surface area contributed by atoms with Crippen molar-refractivity contribution in [3.05, 3.63) is 89.5 Å². The largest absolute Gasteiger partial charge is 0.497 e. The number of anilines is 1. The highest BCUT2D eigenvalue weighted by Crippen LogP contribution is 2.23. The first-order valence-electron chi connectivity index (χ1n) is 8.38. The van der Waals surface area contributed by atoms with E-state index in [1.54, 1.807) is 24.9 Å². The van der Waals surface area contributed by atoms with Crippen molar-refractivity contribution in [1.82, 2.24) is 0 Å². The standard InChI is InChI=1S/C22H21NO2S/c1-16-6-12-21(13-7-16)26-15-17-8-10-18(11-9-17)22(24)23-19-4-3-5-20(14-19)25-2/h3-14H,15H2,1-2H3,(H,23,24). The molecule has 132 valence electrons. The van der Waals surface area contributed by atoms with Crippen molar-refractivity contribution in [2.24, 2.45) is 0 Å². The molecule has 0 atom stereocenters. The van der Waals surface area contributed by atoms with Gasteiger partial charge < -0.3 is 10.1 Å². The van der Waals surface area contributed by atoms with Crippen LogP contribution in [0, 0.1) is 6.92 Å². The molecule has 0 aliphatic carbocycles. The number of rotatable bonds is 6. The second-order valence-electron chi connectivity index (χ2n) is 5.98. The third-order valence-corrected chi connectivity index (χ3v) is 5.05. The van der Waals surface area contributed by atoms with Gasteiger partial charge in [-0.3, -0.25) is 4.79 Å². The minimum absolute atomic E-state index is 0.129. The van der Waals surface area contributed by atoms with Gasteiger partial charge in [0.1, 0.15) is 5.75 Å². The van der Waals surface area contributed by atoms with E-state index in [0.29, 0.717) is 17.0 Å². The van der Waals surface area contributed by atoms with E-state index in [0.717, 1.165) is 5.75 Å². The summed E-state index contributed by atoms with van der Waals surface area (Å²) in [4.78, 5) is 13.6. The average Bonchev–Trinajstić information content (AvgIpc) is 2.68. The average molecular weight is 363 g/mol. The summed E-state index contributed by atoms with van der Waals surface area (Å²) >= 11 is 1.79. The molecule has 26 heavy (non-hydrogen) atoms. The van der Waals surface area contributed by atoms with Gasteiger partial charge in [0.2, 0.25) is 0 Å². The second kappa shape index (κ2) is 8.59. The van der Waals surface area contributed by atoms with Gasteiger partial charge in [0, 0.05) is 28.0 Å². The number of nitrogens with one attached hydrogen (secondary N) is 1. The number of hydrogen-bond acceptors (Lipinski definition) is 3. The number of aryl methyl sites for hydroxylation is 1. The van der Waals surface area contributed by atoms with Crippen LogP contribution in [0.2, 0.25) is 0 Å². The molecular formula is C22H21NO2S. The summed E-state index contributed by atoms with van der Waals surface area (Å²) in [5.74, 6) is 1.46. The van der Waals surface area contributed by atoms with Gasteiger partial charge >= 0.3 is 0 Å². The third-order valence-electron chi connectivity index (χ3n) is 3.97. The van der Waals surface area contributed by atoms with Crippen LogP contribution in [0.1, 0.15) is 21.5 Å². The van der Waals surface area contributed by atoms with Crippen molar-refractivity contribution >= 4 is 23.4 Å². The molecule has 0 aliphatic rings. The summed E-state index contributed by atoms with van der Waals surface area (Å²) in [5.41, 5.74) is 3.81. The lowest BCUT2D eigenvalue weighted by Crippen LogP contribution is -2.11. The summed E-state index contributed by atoms with van der Waals surface area (Å²) in [5, 5.41) is 2.89. The molecule has 0 unspecified atom stereocenters. The lowest BCUT2D eigenvalue weighted by molar-refractivity contribution is 0.102. The van der Waals surface area contributed by atoms with Gasteiger partial charge in [-0.2, -0.15) is 0 Å². The number of hydrogen-bond donors (Lipinski definition) is 1. The number of carbonyl (C=O) groups is 1. The molecule has 0 bridgehead atoms. The predicted molar refractivity (Wildman–Crippen MR) is 108 cm³/mol. The normalized spacial score (nSPS) is 10.4. The maximum Gasteiger partial charge on any atom is 0.255 e. The van der Waals surface area contributed by atoms with Gasteiger partial charge in [0.05, 0.1) is 7.11 Å². The zero-order chi connectivity index (χ0) is 18.4. The van der Waals surface area contributed by atoms with Crippen LogP contribution in [0.5, 0.6) is 5.75 Å². The Balaban J connectivity index is 1.59. The summed E-state index contributed by atoms with van der Waals surface area (Å²) in [6.07, 6.45) is 0. The van der Waals surface area contributed by atoms with Crippen molar-refractivity contribution in [1.29, 1.82) is 0 Å². The molecule has 0 saturated carbocycles. The Bertz CT molecular complexity index is 873. The lowest BCUT2D eigenvalue weighted by Gasteiger charge is -2.08. The van der Waals surface area contributed by atoms with Crippen LogP contribution in [0.25, 0.3) is 0 Å². The molecule has 0 radical (unpaired) electrons. The van der Waals surface area contributed by atoms with Gasteiger partial charge in [0.15, 0.2) is 0 Å². The van der Waals surface area contributed by atoms with E-state index in [9.17, 15) is 4.79 Å². The van der Waals surface area contributed by atoms with E-state index in [-0.39, 0.29) is 5.91 Å². The molecule has 0 saturated heterocycles. The van der Waals surface area contributed by atoms with Gasteiger partial charge in [-0.1, -0.05) is 35.9 Å². The van der Waals surface area contributed by atoms with E-state index in [1.807, 2.05) is 42.5 Å². The summed E-state index contributed by atoms with van der Waals surface area (Å²) in [6.45, 7) is 2.09. The zero-order valence-electron chi connectivity index (χ0n) is 14.9. The molecule has 0 aromatic heterocycles. The van der Waals surface area contributed by atoms with E-state index >= 15 is 0 Å². The number of methoxy groups -OCH3 is 1. The SMILES string of the molecule is COc1cccc(NC(=O)c2ccc(CSc3ccc(C)cc3)cc2)c1. The molecule has 3 rings (SSSR count). The minimum atomic E-state index is -0.129. The maximum atomic E-state index is 12.4. The van der Waals surface area contributed by atoms with Crippen molar-refractivity contribution < 1.29 is 9.53 Å². The van der Waals surface area contributed by atoms with Gasteiger partial charge in [-0.15, -0.1) is 11.8 Å². The Hall–Kier alpha value is -2.72. The molecular weight excluding hydrogens is 342 g/mol. The van der Waals surface area contributed by atoms with Gasteiger partial charge in [-0.05, 0) is 48.9 Å². The molecule has 0 spiro atoms. The van der Waals surface area contributed by atoms with E-state index in [1.165, 1.54) is 16.0 Å². The molecule has 0 fully saturated rings. The molecule has 0 heterocycles. The number of amides is 1. The molecule has 1 N–H and O–H groups in total. The van der Waals surface area contributed by atoms with Crippen LogP contribution in [0.4, 0.5) is 5.69 Å². The molecule has 1 amide bonds. The molecule has 3 aromatic carbocycles. The number of ether oxygens (including phenoxy) is 1. The smallest absolute Gasteiger partial charge is 0.255 e. The summed E-state index contributed by atoms with van der Waals surface area (Å²) in [6, 6.07) is 23.6. The van der Waals surface area contributed by atoms with Crippen molar-refractivity contribution in [3.8, 4) is 5.75 Å². The first kappa shape index (κ1) is 18.1. The van der Waals surface area contributed by atoms with Crippen LogP contribution in [-0.4, -0.2) is 13.0 Å². The van der Waals surface area contributed by atoms with Crippen molar-refractivity contribution in [2.45, 2.75) is 17.6 Å². The van der Waals surface area contributed by atoms with E-state index in [4.69, 9.17) is 4.74 Å². The first-order valence-corrected chi connectivity index (χ1v) is 9.36. The quantitative estimate of drug-likeness (QED) is 0.584. The molecule has 3 aromatic rings. The van der Waals surface area contributed by atoms with Crippen molar-refractivity contribution in [3.63, 3.8) is 0 Å². The Morgan fingerprint density at radius 3 is 2.42 bits per heavy atom. The first-order chi connectivity index (χ1) is 12.6. The monoisotopic (exact) mass is 363 g/mol. The highest BCUT2D eigenvalue weighted by Gasteiger charge is 2.07. The Labute approximate surface area is 158 Å². The fourth-order valence-electron chi connectivity index (χ4n) is 2.46. The van der Waals surface area contributed by atoms with Gasteiger partial charge in [0.25, 0.3) is 5.91 Å².